The molecule has 1 saturated carbocycles. The van der Waals surface area contributed by atoms with E-state index in [4.69, 9.17) is 0 Å². The summed E-state index contributed by atoms with van der Waals surface area (Å²) in [7, 11) is 0. The van der Waals surface area contributed by atoms with Crippen molar-refractivity contribution in [1.82, 2.24) is 16.0 Å². The zero-order valence-corrected chi connectivity index (χ0v) is 13.0. The average molecular weight is 299 g/mol. The number of hydrogen-bond donors (Lipinski definition) is 3. The third-order valence-corrected chi connectivity index (χ3v) is 5.55. The van der Waals surface area contributed by atoms with E-state index in [0.29, 0.717) is 12.6 Å². The molecule has 118 valence electrons. The van der Waals surface area contributed by atoms with Gasteiger partial charge in [-0.25, -0.2) is 0 Å². The Morgan fingerprint density at radius 1 is 1.18 bits per heavy atom. The summed E-state index contributed by atoms with van der Waals surface area (Å²) in [5.41, 5.74) is 3.96. The van der Waals surface area contributed by atoms with Gasteiger partial charge in [0.15, 0.2) is 0 Å². The highest BCUT2D eigenvalue weighted by molar-refractivity contribution is 5.82. The van der Waals surface area contributed by atoms with E-state index >= 15 is 0 Å². The second kappa shape index (κ2) is 6.01. The number of amides is 1. The molecule has 1 aromatic rings. The van der Waals surface area contributed by atoms with Gasteiger partial charge in [-0.1, -0.05) is 31.0 Å². The van der Waals surface area contributed by atoms with Crippen molar-refractivity contribution in [2.45, 2.75) is 63.8 Å². The fourth-order valence-electron chi connectivity index (χ4n) is 4.29. The lowest BCUT2D eigenvalue weighted by molar-refractivity contribution is -0.123. The molecule has 0 radical (unpaired) electrons. The summed E-state index contributed by atoms with van der Waals surface area (Å²) in [6.45, 7) is 2.56. The number of fused-ring (bicyclic) bond motifs is 2. The zero-order chi connectivity index (χ0) is 14.9. The molecule has 0 bridgehead atoms. The van der Waals surface area contributed by atoms with Crippen LogP contribution in [0.15, 0.2) is 18.2 Å². The van der Waals surface area contributed by atoms with Gasteiger partial charge in [0.1, 0.15) is 0 Å². The minimum Gasteiger partial charge on any atom is -0.351 e. The van der Waals surface area contributed by atoms with E-state index in [2.05, 4.69) is 34.1 Å². The maximum atomic E-state index is 12.4. The lowest BCUT2D eigenvalue weighted by Gasteiger charge is -2.24. The molecular weight excluding hydrogens is 274 g/mol. The summed E-state index contributed by atoms with van der Waals surface area (Å²) in [6.07, 6.45) is 6.20. The quantitative estimate of drug-likeness (QED) is 0.798. The number of benzene rings is 1. The van der Waals surface area contributed by atoms with Gasteiger partial charge in [-0.05, 0) is 41.9 Å². The molecule has 1 aliphatic carbocycles. The van der Waals surface area contributed by atoms with Crippen LogP contribution in [0.25, 0.3) is 0 Å². The molecule has 2 aliphatic heterocycles. The Labute approximate surface area is 132 Å². The summed E-state index contributed by atoms with van der Waals surface area (Å²) in [4.78, 5) is 12.4. The molecule has 1 amide bonds. The highest BCUT2D eigenvalue weighted by atomic mass is 16.2. The van der Waals surface area contributed by atoms with Crippen molar-refractivity contribution in [1.29, 1.82) is 0 Å². The van der Waals surface area contributed by atoms with Gasteiger partial charge in [-0.3, -0.25) is 4.79 Å². The molecule has 0 aromatic heterocycles. The fraction of sp³-hybridized carbons (Fsp3) is 0.611. The van der Waals surface area contributed by atoms with Crippen LogP contribution in [0.4, 0.5) is 0 Å². The maximum Gasteiger partial charge on any atom is 0.237 e. The SMILES string of the molecule is O=C(NCc1ccc2c(c1)CNC2)C1CC2CCCCC2N1. The Morgan fingerprint density at radius 2 is 2.05 bits per heavy atom. The molecule has 1 aromatic carbocycles. The Balaban J connectivity index is 1.33. The van der Waals surface area contributed by atoms with Crippen LogP contribution in [0.5, 0.6) is 0 Å². The molecule has 3 aliphatic rings. The first-order chi connectivity index (χ1) is 10.8. The molecule has 3 N–H and O–H groups in total. The van der Waals surface area contributed by atoms with Crippen LogP contribution in [0, 0.1) is 5.92 Å². The number of hydrogen-bond acceptors (Lipinski definition) is 3. The Hall–Kier alpha value is -1.39. The number of rotatable bonds is 3. The molecule has 22 heavy (non-hydrogen) atoms. The van der Waals surface area contributed by atoms with Gasteiger partial charge < -0.3 is 16.0 Å². The van der Waals surface area contributed by atoms with Gasteiger partial charge in [0.25, 0.3) is 0 Å². The molecule has 4 rings (SSSR count). The molecule has 3 unspecified atom stereocenters. The van der Waals surface area contributed by atoms with E-state index < -0.39 is 0 Å². The first-order valence-corrected chi connectivity index (χ1v) is 8.65. The monoisotopic (exact) mass is 299 g/mol. The highest BCUT2D eigenvalue weighted by Gasteiger charge is 2.37. The first kappa shape index (κ1) is 14.2. The van der Waals surface area contributed by atoms with E-state index in [1.54, 1.807) is 0 Å². The molecule has 1 saturated heterocycles. The summed E-state index contributed by atoms with van der Waals surface area (Å²) in [5.74, 6) is 0.892. The minimum atomic E-state index is 0.0178. The van der Waals surface area contributed by atoms with Crippen molar-refractivity contribution < 1.29 is 4.79 Å². The molecule has 0 spiro atoms. The van der Waals surface area contributed by atoms with Gasteiger partial charge in [-0.15, -0.1) is 0 Å². The average Bonchev–Trinajstić information content (AvgIpc) is 3.18. The van der Waals surface area contributed by atoms with Gasteiger partial charge in [0.05, 0.1) is 6.04 Å². The molecular formula is C18H25N3O. The Morgan fingerprint density at radius 3 is 2.95 bits per heavy atom. The Bertz CT molecular complexity index is 557. The lowest BCUT2D eigenvalue weighted by Crippen LogP contribution is -2.42. The second-order valence-electron chi connectivity index (χ2n) is 7.03. The van der Waals surface area contributed by atoms with Crippen LogP contribution in [0.2, 0.25) is 0 Å². The predicted octanol–water partition coefficient (Wildman–Crippen LogP) is 1.83. The van der Waals surface area contributed by atoms with Crippen LogP contribution in [-0.2, 0) is 24.4 Å². The summed E-state index contributed by atoms with van der Waals surface area (Å²) < 4.78 is 0. The zero-order valence-electron chi connectivity index (χ0n) is 13.0. The minimum absolute atomic E-state index is 0.0178. The van der Waals surface area contributed by atoms with Crippen molar-refractivity contribution in [2.24, 2.45) is 5.92 Å². The van der Waals surface area contributed by atoms with Crippen LogP contribution in [0.1, 0.15) is 48.8 Å². The van der Waals surface area contributed by atoms with E-state index in [-0.39, 0.29) is 11.9 Å². The van der Waals surface area contributed by atoms with Crippen LogP contribution < -0.4 is 16.0 Å². The maximum absolute atomic E-state index is 12.4. The van der Waals surface area contributed by atoms with Gasteiger partial charge in [-0.2, -0.15) is 0 Å². The van der Waals surface area contributed by atoms with E-state index in [0.717, 1.165) is 25.4 Å². The lowest BCUT2D eigenvalue weighted by atomic mass is 9.85. The standard InChI is InChI=1S/C18H25N3O/c22-18(17-8-13-3-1-2-4-16(13)21-17)20-9-12-5-6-14-10-19-11-15(14)7-12/h5-7,13,16-17,19,21H,1-4,8-11H2,(H,20,22). The van der Waals surface area contributed by atoms with Crippen molar-refractivity contribution in [3.63, 3.8) is 0 Å². The van der Waals surface area contributed by atoms with Gasteiger partial charge in [0, 0.05) is 25.7 Å². The fourth-order valence-corrected chi connectivity index (χ4v) is 4.29. The van der Waals surface area contributed by atoms with Crippen molar-refractivity contribution >= 4 is 5.91 Å². The summed E-state index contributed by atoms with van der Waals surface area (Å²) >= 11 is 0. The van der Waals surface area contributed by atoms with Gasteiger partial charge >= 0.3 is 0 Å². The van der Waals surface area contributed by atoms with Gasteiger partial charge in [0.2, 0.25) is 5.91 Å². The molecule has 4 nitrogen and oxygen atoms in total. The van der Waals surface area contributed by atoms with Crippen molar-refractivity contribution in [2.75, 3.05) is 0 Å². The molecule has 3 atom stereocenters. The topological polar surface area (TPSA) is 53.2 Å². The van der Waals surface area contributed by atoms with E-state index in [1.165, 1.54) is 42.4 Å². The summed E-state index contributed by atoms with van der Waals surface area (Å²) in [5, 5.41) is 10.0. The van der Waals surface area contributed by atoms with Crippen molar-refractivity contribution in [3.8, 4) is 0 Å². The number of carbonyl (C=O) groups is 1. The molecule has 2 fully saturated rings. The molecule has 4 heteroatoms. The largest absolute Gasteiger partial charge is 0.351 e. The predicted molar refractivity (Wildman–Crippen MR) is 86.1 cm³/mol. The number of carbonyl (C=O) groups excluding carboxylic acids is 1. The molecule has 2 heterocycles. The third kappa shape index (κ3) is 2.77. The summed E-state index contributed by atoms with van der Waals surface area (Å²) in [6, 6.07) is 7.13. The van der Waals surface area contributed by atoms with Crippen LogP contribution >= 0.6 is 0 Å². The van der Waals surface area contributed by atoms with Crippen LogP contribution in [0.3, 0.4) is 0 Å². The van der Waals surface area contributed by atoms with E-state index in [1.807, 2.05) is 0 Å². The van der Waals surface area contributed by atoms with Crippen molar-refractivity contribution in [3.05, 3.63) is 34.9 Å². The number of nitrogens with one attached hydrogen (secondary N) is 3. The second-order valence-corrected chi connectivity index (χ2v) is 7.03. The van der Waals surface area contributed by atoms with E-state index in [9.17, 15) is 4.79 Å². The smallest absolute Gasteiger partial charge is 0.237 e. The third-order valence-electron chi connectivity index (χ3n) is 5.55. The Kier molecular flexibility index (Phi) is 3.89. The van der Waals surface area contributed by atoms with Crippen LogP contribution in [-0.4, -0.2) is 18.0 Å². The highest BCUT2D eigenvalue weighted by Crippen LogP contribution is 2.33. The normalized spacial score (nSPS) is 29.9. The first-order valence-electron chi connectivity index (χ1n) is 8.65.